The number of hydrogen-bond donors (Lipinski definition) is 0. The van der Waals surface area contributed by atoms with Gasteiger partial charge in [0, 0.05) is 10.9 Å². The molecule has 1 aromatic heterocycles. The van der Waals surface area contributed by atoms with Crippen LogP contribution in [0.3, 0.4) is 0 Å². The third kappa shape index (κ3) is 4.80. The molecule has 0 aliphatic carbocycles. The fourth-order valence-electron chi connectivity index (χ4n) is 7.45. The zero-order chi connectivity index (χ0) is 34.1. The summed E-state index contributed by atoms with van der Waals surface area (Å²) in [5.74, 6) is 0. The molecule has 50 heavy (non-hydrogen) atoms. The second kappa shape index (κ2) is 12.6. The van der Waals surface area contributed by atoms with Crippen molar-refractivity contribution in [3.05, 3.63) is 198 Å². The highest BCUT2D eigenvalue weighted by Gasteiger charge is 2.42. The predicted molar refractivity (Wildman–Crippen MR) is 207 cm³/mol. The van der Waals surface area contributed by atoms with Gasteiger partial charge in [-0.25, -0.2) is 9.69 Å². The van der Waals surface area contributed by atoms with Crippen LogP contribution in [0.1, 0.15) is 5.56 Å². The van der Waals surface area contributed by atoms with E-state index in [-0.39, 0.29) is 0 Å². The molecule has 0 bridgehead atoms. The molecule has 0 atom stereocenters. The highest BCUT2D eigenvalue weighted by Crippen LogP contribution is 2.38. The van der Waals surface area contributed by atoms with Crippen molar-refractivity contribution in [2.75, 3.05) is 0 Å². The molecule has 0 saturated heterocycles. The Bertz CT molecular complexity index is 2560. The number of benzene rings is 7. The molecule has 232 valence electrons. The van der Waals surface area contributed by atoms with E-state index in [0.29, 0.717) is 16.9 Å². The summed E-state index contributed by atoms with van der Waals surface area (Å²) in [6.45, 7) is 15.8. The summed E-state index contributed by atoms with van der Waals surface area (Å²) in [6, 6.07) is 60.5. The van der Waals surface area contributed by atoms with E-state index < -0.39 is 8.07 Å². The molecule has 0 aliphatic heterocycles. The molecule has 0 aliphatic rings. The summed E-state index contributed by atoms with van der Waals surface area (Å²) in [4.78, 5) is 7.72. The maximum absolute atomic E-state index is 9.70. The number of rotatable bonds is 6. The minimum Gasteiger partial charge on any atom is -0.309 e. The molecule has 4 nitrogen and oxygen atoms in total. The molecule has 5 heteroatoms. The van der Waals surface area contributed by atoms with Gasteiger partial charge < -0.3 is 4.57 Å². The summed E-state index contributed by atoms with van der Waals surface area (Å²) in [7, 11) is -2.92. The molecule has 0 fully saturated rings. The zero-order valence-electron chi connectivity index (χ0n) is 27.0. The average Bonchev–Trinajstić information content (AvgIpc) is 3.52. The lowest BCUT2D eigenvalue weighted by Gasteiger charge is -2.35. The first kappa shape index (κ1) is 30.4. The summed E-state index contributed by atoms with van der Waals surface area (Å²) in [5.41, 5.74) is 6.90. The van der Waals surface area contributed by atoms with Crippen LogP contribution in [-0.4, -0.2) is 12.6 Å². The Balaban J connectivity index is 1.36. The summed E-state index contributed by atoms with van der Waals surface area (Å²) in [6.07, 6.45) is 0. The first-order valence-corrected chi connectivity index (χ1v) is 18.3. The van der Waals surface area contributed by atoms with Gasteiger partial charge in [0.1, 0.15) is 0 Å². The lowest BCUT2D eigenvalue weighted by atomic mass is 10.0. The van der Waals surface area contributed by atoms with E-state index in [0.717, 1.165) is 43.8 Å². The van der Waals surface area contributed by atoms with Crippen LogP contribution in [0, 0.1) is 24.5 Å². The van der Waals surface area contributed by atoms with E-state index in [1.807, 2.05) is 66.7 Å². The third-order valence-electron chi connectivity index (χ3n) is 9.62. The SMILES string of the molecule is [C-]#[N+]c1ccc2c(c1)c1cc(C#N)ccc1n2-c1ccccc1-c1ccc([Si](c2ccccc2)(c2ccccc2)c2ccccc2[N+]#[C-])cc1. The van der Waals surface area contributed by atoms with E-state index in [9.17, 15) is 5.26 Å². The second-order valence-corrected chi connectivity index (χ2v) is 16.0. The van der Waals surface area contributed by atoms with E-state index in [4.69, 9.17) is 13.1 Å². The topological polar surface area (TPSA) is 37.4 Å². The number of hydrogen-bond acceptors (Lipinski definition) is 1. The molecule has 8 rings (SSSR count). The smallest absolute Gasteiger partial charge is 0.188 e. The first-order chi connectivity index (χ1) is 24.7. The van der Waals surface area contributed by atoms with E-state index in [1.54, 1.807) is 0 Å². The van der Waals surface area contributed by atoms with Crippen LogP contribution in [0.5, 0.6) is 0 Å². The van der Waals surface area contributed by atoms with Gasteiger partial charge in [-0.15, -0.1) is 0 Å². The van der Waals surface area contributed by atoms with Gasteiger partial charge in [-0.05, 0) is 68.1 Å². The Kier molecular flexibility index (Phi) is 7.63. The van der Waals surface area contributed by atoms with Gasteiger partial charge in [-0.3, -0.25) is 0 Å². The van der Waals surface area contributed by atoms with Crippen LogP contribution in [-0.2, 0) is 0 Å². The van der Waals surface area contributed by atoms with Gasteiger partial charge in [0.2, 0.25) is 0 Å². The Morgan fingerprint density at radius 2 is 1.12 bits per heavy atom. The highest BCUT2D eigenvalue weighted by molar-refractivity contribution is 7.20. The molecule has 0 amide bonds. The van der Waals surface area contributed by atoms with Crippen LogP contribution in [0.15, 0.2) is 170 Å². The normalized spacial score (nSPS) is 11.1. The third-order valence-corrected chi connectivity index (χ3v) is 14.5. The number of fused-ring (bicyclic) bond motifs is 3. The fraction of sp³-hybridized carbons (Fsp3) is 0. The van der Waals surface area contributed by atoms with Crippen LogP contribution in [0.25, 0.3) is 48.3 Å². The van der Waals surface area contributed by atoms with Crippen LogP contribution >= 0.6 is 0 Å². The van der Waals surface area contributed by atoms with Crippen molar-refractivity contribution < 1.29 is 0 Å². The van der Waals surface area contributed by atoms with Crippen LogP contribution in [0.2, 0.25) is 0 Å². The maximum atomic E-state index is 9.70. The molecular formula is C45H28N4Si. The van der Waals surface area contributed by atoms with Crippen molar-refractivity contribution >= 4 is 62.0 Å². The minimum absolute atomic E-state index is 0.562. The molecule has 0 spiro atoms. The summed E-state index contributed by atoms with van der Waals surface area (Å²) < 4.78 is 2.24. The lowest BCUT2D eigenvalue weighted by Crippen LogP contribution is -2.74. The standard InChI is InChI=1S/C45H28N4Si/c1-47-34-24-28-44-40(30-34)39-29-32(31-46)21-27-43(39)49(44)42-19-11-9-17-38(42)33-22-25-37(26-23-33)50(35-13-5-3-6-14-35,36-15-7-4-8-16-36)45-20-12-10-18-41(45)48-2/h3-30H. The Hall–Kier alpha value is -6.97. The number of nitrogens with zero attached hydrogens (tertiary/aromatic N) is 4. The Labute approximate surface area is 292 Å². The van der Waals surface area contributed by atoms with Crippen LogP contribution < -0.4 is 20.7 Å². The lowest BCUT2D eigenvalue weighted by molar-refractivity contribution is 1.18. The van der Waals surface area contributed by atoms with Crippen molar-refractivity contribution in [1.82, 2.24) is 4.57 Å². The zero-order valence-corrected chi connectivity index (χ0v) is 28.0. The largest absolute Gasteiger partial charge is 0.309 e. The molecule has 0 saturated carbocycles. The number of para-hydroxylation sites is 2. The number of aromatic nitrogens is 1. The first-order valence-electron chi connectivity index (χ1n) is 16.3. The monoisotopic (exact) mass is 652 g/mol. The molecule has 0 N–H and O–H groups in total. The molecule has 1 heterocycles. The van der Waals surface area contributed by atoms with Crippen molar-refractivity contribution in [3.8, 4) is 22.9 Å². The molecular weight excluding hydrogens is 625 g/mol. The Morgan fingerprint density at radius 1 is 0.540 bits per heavy atom. The molecule has 7 aromatic carbocycles. The fourth-order valence-corrected chi connectivity index (χ4v) is 12.3. The average molecular weight is 653 g/mol. The van der Waals surface area contributed by atoms with E-state index in [1.165, 1.54) is 15.6 Å². The summed E-state index contributed by atoms with van der Waals surface area (Å²) in [5, 5.41) is 16.3. The van der Waals surface area contributed by atoms with Gasteiger partial charge >= 0.3 is 0 Å². The van der Waals surface area contributed by atoms with E-state index >= 15 is 0 Å². The van der Waals surface area contributed by atoms with Gasteiger partial charge in [0.05, 0.1) is 41.5 Å². The van der Waals surface area contributed by atoms with Gasteiger partial charge in [0.15, 0.2) is 19.4 Å². The minimum atomic E-state index is -2.92. The van der Waals surface area contributed by atoms with Gasteiger partial charge in [0.25, 0.3) is 0 Å². The number of nitriles is 1. The maximum Gasteiger partial charge on any atom is 0.188 e. The van der Waals surface area contributed by atoms with Crippen molar-refractivity contribution in [2.24, 2.45) is 0 Å². The molecule has 8 aromatic rings. The second-order valence-electron chi connectivity index (χ2n) is 12.2. The molecule has 0 unspecified atom stereocenters. The van der Waals surface area contributed by atoms with Gasteiger partial charge in [-0.2, -0.15) is 5.26 Å². The van der Waals surface area contributed by atoms with Crippen molar-refractivity contribution in [2.45, 2.75) is 0 Å². The highest BCUT2D eigenvalue weighted by atomic mass is 28.3. The van der Waals surface area contributed by atoms with Crippen molar-refractivity contribution in [3.63, 3.8) is 0 Å². The predicted octanol–water partition coefficient (Wildman–Crippen LogP) is 8.80. The van der Waals surface area contributed by atoms with Crippen molar-refractivity contribution in [1.29, 1.82) is 5.26 Å². The molecule has 0 radical (unpaired) electrons. The summed E-state index contributed by atoms with van der Waals surface area (Å²) >= 11 is 0. The quantitative estimate of drug-likeness (QED) is 0.101. The van der Waals surface area contributed by atoms with E-state index in [2.05, 4.69) is 123 Å². The van der Waals surface area contributed by atoms with Crippen LogP contribution in [0.4, 0.5) is 11.4 Å². The Morgan fingerprint density at radius 3 is 1.78 bits per heavy atom. The van der Waals surface area contributed by atoms with Gasteiger partial charge in [-0.1, -0.05) is 133 Å².